The van der Waals surface area contributed by atoms with Crippen molar-refractivity contribution >= 4 is 11.4 Å². The van der Waals surface area contributed by atoms with Crippen LogP contribution in [0.3, 0.4) is 0 Å². The van der Waals surface area contributed by atoms with Gasteiger partial charge >= 0.3 is 0 Å². The van der Waals surface area contributed by atoms with Crippen molar-refractivity contribution < 1.29 is 9.53 Å². The zero-order valence-electron chi connectivity index (χ0n) is 8.54. The zero-order valence-corrected chi connectivity index (χ0v) is 8.54. The van der Waals surface area contributed by atoms with Crippen LogP contribution < -0.4 is 4.74 Å². The van der Waals surface area contributed by atoms with Gasteiger partial charge in [0.25, 0.3) is 0 Å². The van der Waals surface area contributed by atoms with Gasteiger partial charge in [0, 0.05) is 6.42 Å². The first-order valence-corrected chi connectivity index (χ1v) is 4.45. The molecule has 0 aromatic heterocycles. The molecule has 0 radical (unpaired) electrons. The van der Waals surface area contributed by atoms with Gasteiger partial charge in [-0.15, -0.1) is 0 Å². The first-order valence-electron chi connectivity index (χ1n) is 4.45. The smallest absolute Gasteiger partial charge is 0.134 e. The molecule has 2 heteroatoms. The maximum Gasteiger partial charge on any atom is 0.134 e. The summed E-state index contributed by atoms with van der Waals surface area (Å²) in [5.41, 5.74) is 1.79. The van der Waals surface area contributed by atoms with Crippen LogP contribution in [0.4, 0.5) is 0 Å². The van der Waals surface area contributed by atoms with Crippen molar-refractivity contribution in [1.29, 1.82) is 0 Å². The lowest BCUT2D eigenvalue weighted by Crippen LogP contribution is -1.93. The largest absolute Gasteiger partial charge is 0.497 e. The second-order valence-electron chi connectivity index (χ2n) is 3.21. The second-order valence-corrected chi connectivity index (χ2v) is 3.21. The van der Waals surface area contributed by atoms with E-state index < -0.39 is 0 Å². The monoisotopic (exact) mass is 190 g/mol. The van der Waals surface area contributed by atoms with Gasteiger partial charge in [0.15, 0.2) is 0 Å². The first kappa shape index (κ1) is 10.5. The van der Waals surface area contributed by atoms with Crippen LogP contribution in [0.2, 0.25) is 0 Å². The van der Waals surface area contributed by atoms with Crippen LogP contribution in [-0.2, 0) is 4.79 Å². The molecule has 0 N–H and O–H groups in total. The van der Waals surface area contributed by atoms with E-state index in [4.69, 9.17) is 4.74 Å². The standard InChI is InChI=1S/C12H14O2/c1-9(7-10(2)13)11-5-4-6-12(8-11)14-3/h4-6,8H,1,7H2,2-3H3. The number of ketones is 1. The van der Waals surface area contributed by atoms with Gasteiger partial charge in [-0.1, -0.05) is 18.7 Å². The van der Waals surface area contributed by atoms with Crippen molar-refractivity contribution in [3.05, 3.63) is 36.4 Å². The summed E-state index contributed by atoms with van der Waals surface area (Å²) >= 11 is 0. The van der Waals surface area contributed by atoms with Crippen LogP contribution in [0.5, 0.6) is 5.75 Å². The van der Waals surface area contributed by atoms with Gasteiger partial charge in [0.2, 0.25) is 0 Å². The lowest BCUT2D eigenvalue weighted by atomic mass is 10.0. The Kier molecular flexibility index (Phi) is 3.46. The van der Waals surface area contributed by atoms with Gasteiger partial charge in [0.1, 0.15) is 11.5 Å². The predicted octanol–water partition coefficient (Wildman–Crippen LogP) is 2.69. The number of hydrogen-bond acceptors (Lipinski definition) is 2. The third kappa shape index (κ3) is 2.73. The number of carbonyl (C=O) groups is 1. The van der Waals surface area contributed by atoms with Crippen molar-refractivity contribution in [3.63, 3.8) is 0 Å². The number of rotatable bonds is 4. The van der Waals surface area contributed by atoms with E-state index in [9.17, 15) is 4.79 Å². The van der Waals surface area contributed by atoms with Crippen LogP contribution >= 0.6 is 0 Å². The highest BCUT2D eigenvalue weighted by Crippen LogP contribution is 2.21. The molecule has 1 aromatic rings. The lowest BCUT2D eigenvalue weighted by molar-refractivity contribution is -0.116. The Balaban J connectivity index is 2.84. The summed E-state index contributed by atoms with van der Waals surface area (Å²) < 4.78 is 5.08. The van der Waals surface area contributed by atoms with Gasteiger partial charge in [-0.3, -0.25) is 4.79 Å². The third-order valence-electron chi connectivity index (χ3n) is 1.94. The summed E-state index contributed by atoms with van der Waals surface area (Å²) in [4.78, 5) is 10.9. The molecule has 0 saturated carbocycles. The molecule has 0 amide bonds. The van der Waals surface area contributed by atoms with Crippen molar-refractivity contribution in [3.8, 4) is 5.75 Å². The molecule has 0 spiro atoms. The summed E-state index contributed by atoms with van der Waals surface area (Å²) in [5, 5.41) is 0. The average Bonchev–Trinajstić information content (AvgIpc) is 2.17. The molecule has 0 bridgehead atoms. The summed E-state index contributed by atoms with van der Waals surface area (Å²) in [6.07, 6.45) is 0.396. The Hall–Kier alpha value is -1.57. The van der Waals surface area contributed by atoms with Gasteiger partial charge < -0.3 is 4.74 Å². The van der Waals surface area contributed by atoms with Gasteiger partial charge in [-0.2, -0.15) is 0 Å². The maximum atomic E-state index is 10.9. The first-order chi connectivity index (χ1) is 6.63. The van der Waals surface area contributed by atoms with Gasteiger partial charge in [-0.25, -0.2) is 0 Å². The molecule has 0 aliphatic carbocycles. The molecular weight excluding hydrogens is 176 g/mol. The van der Waals surface area contributed by atoms with Crippen molar-refractivity contribution in [1.82, 2.24) is 0 Å². The van der Waals surface area contributed by atoms with E-state index in [-0.39, 0.29) is 5.78 Å². The summed E-state index contributed by atoms with van der Waals surface area (Å²) in [7, 11) is 1.62. The molecule has 1 aromatic carbocycles. The molecule has 2 nitrogen and oxygen atoms in total. The molecule has 0 atom stereocenters. The van der Waals surface area contributed by atoms with Crippen molar-refractivity contribution in [2.24, 2.45) is 0 Å². The molecule has 0 unspecified atom stereocenters. The highest BCUT2D eigenvalue weighted by atomic mass is 16.5. The van der Waals surface area contributed by atoms with Crippen molar-refractivity contribution in [2.45, 2.75) is 13.3 Å². The van der Waals surface area contributed by atoms with Crippen molar-refractivity contribution in [2.75, 3.05) is 7.11 Å². The van der Waals surface area contributed by atoms with E-state index in [1.165, 1.54) is 0 Å². The fraction of sp³-hybridized carbons (Fsp3) is 0.250. The summed E-state index contributed by atoms with van der Waals surface area (Å²) in [5.74, 6) is 0.907. The van der Waals surface area contributed by atoms with E-state index >= 15 is 0 Å². The molecule has 0 fully saturated rings. The van der Waals surface area contributed by atoms with Crippen LogP contribution in [0, 0.1) is 0 Å². The Morgan fingerprint density at radius 1 is 1.50 bits per heavy atom. The normalized spacial score (nSPS) is 9.57. The number of benzene rings is 1. The molecule has 0 heterocycles. The van der Waals surface area contributed by atoms with Gasteiger partial charge in [-0.05, 0) is 30.2 Å². The Bertz CT molecular complexity index is 353. The minimum atomic E-state index is 0.123. The molecule has 1 rings (SSSR count). The van der Waals surface area contributed by atoms with Crippen LogP contribution in [-0.4, -0.2) is 12.9 Å². The molecule has 0 aliphatic rings. The summed E-state index contributed by atoms with van der Waals surface area (Å²) in [6, 6.07) is 7.56. The van der Waals surface area contributed by atoms with Crippen LogP contribution in [0.15, 0.2) is 30.8 Å². The third-order valence-corrected chi connectivity index (χ3v) is 1.94. The predicted molar refractivity (Wildman–Crippen MR) is 57.3 cm³/mol. The summed E-state index contributed by atoms with van der Waals surface area (Å²) in [6.45, 7) is 5.42. The number of allylic oxidation sites excluding steroid dienone is 1. The lowest BCUT2D eigenvalue weighted by Gasteiger charge is -2.05. The topological polar surface area (TPSA) is 26.3 Å². The van der Waals surface area contributed by atoms with Crippen LogP contribution in [0.1, 0.15) is 18.9 Å². The Labute approximate surface area is 84.2 Å². The highest BCUT2D eigenvalue weighted by molar-refractivity contribution is 5.87. The van der Waals surface area contributed by atoms with Gasteiger partial charge in [0.05, 0.1) is 7.11 Å². The van der Waals surface area contributed by atoms with E-state index in [1.807, 2.05) is 24.3 Å². The SMILES string of the molecule is C=C(CC(C)=O)c1cccc(OC)c1. The Morgan fingerprint density at radius 2 is 2.21 bits per heavy atom. The minimum absolute atomic E-state index is 0.123. The molecule has 74 valence electrons. The fourth-order valence-corrected chi connectivity index (χ4v) is 1.25. The minimum Gasteiger partial charge on any atom is -0.497 e. The number of ether oxygens (including phenoxy) is 1. The highest BCUT2D eigenvalue weighted by Gasteiger charge is 2.02. The van der Waals surface area contributed by atoms with E-state index in [0.29, 0.717) is 6.42 Å². The quantitative estimate of drug-likeness (QED) is 0.729. The number of methoxy groups -OCH3 is 1. The second kappa shape index (κ2) is 4.61. The van der Waals surface area contributed by atoms with E-state index in [0.717, 1.165) is 16.9 Å². The zero-order chi connectivity index (χ0) is 10.6. The van der Waals surface area contributed by atoms with E-state index in [2.05, 4.69) is 6.58 Å². The Morgan fingerprint density at radius 3 is 2.79 bits per heavy atom. The fourth-order valence-electron chi connectivity index (χ4n) is 1.25. The average molecular weight is 190 g/mol. The maximum absolute atomic E-state index is 10.9. The molecule has 0 saturated heterocycles. The number of Topliss-reactive ketones (excluding diaryl/α,β-unsaturated/α-hetero) is 1. The molecular formula is C12H14O2. The molecule has 0 aliphatic heterocycles. The number of carbonyl (C=O) groups excluding carboxylic acids is 1. The molecule has 14 heavy (non-hydrogen) atoms. The number of hydrogen-bond donors (Lipinski definition) is 0. The van der Waals surface area contributed by atoms with E-state index in [1.54, 1.807) is 14.0 Å². The van der Waals surface area contributed by atoms with Crippen LogP contribution in [0.25, 0.3) is 5.57 Å².